The molecule has 0 spiro atoms. The highest BCUT2D eigenvalue weighted by Crippen LogP contribution is 2.24. The zero-order chi connectivity index (χ0) is 14.1. The van der Waals surface area contributed by atoms with Gasteiger partial charge in [0.05, 0.1) is 9.26 Å². The van der Waals surface area contributed by atoms with Gasteiger partial charge in [-0.15, -0.1) is 0 Å². The highest BCUT2D eigenvalue weighted by Gasteiger charge is 2.13. The molecule has 0 aliphatic heterocycles. The van der Waals surface area contributed by atoms with Crippen molar-refractivity contribution in [2.45, 2.75) is 19.8 Å². The number of aryl methyl sites for hydroxylation is 1. The van der Waals surface area contributed by atoms with Gasteiger partial charge in [-0.3, -0.25) is 0 Å². The van der Waals surface area contributed by atoms with E-state index in [4.69, 9.17) is 11.6 Å². The first-order valence-corrected chi connectivity index (χ1v) is 7.80. The van der Waals surface area contributed by atoms with Gasteiger partial charge in [0, 0.05) is 12.4 Å². The molecule has 0 atom stereocenters. The molecule has 0 radical (unpaired) electrons. The number of nitrogens with zero attached hydrogens (tertiary/aromatic N) is 4. The zero-order valence-corrected chi connectivity index (χ0v) is 13.8. The molecule has 3 rings (SSSR count). The molecule has 0 fully saturated rings. The van der Waals surface area contributed by atoms with Crippen molar-refractivity contribution in [1.29, 1.82) is 0 Å². The molecule has 0 aromatic carbocycles. The Kier molecular flexibility index (Phi) is 3.89. The molecule has 102 valence electrons. The number of halogens is 2. The summed E-state index contributed by atoms with van der Waals surface area (Å²) in [5, 5.41) is 0.496. The van der Waals surface area contributed by atoms with Gasteiger partial charge >= 0.3 is 0 Å². The zero-order valence-electron chi connectivity index (χ0n) is 10.8. The number of fused-ring (bicyclic) bond motifs is 1. The van der Waals surface area contributed by atoms with E-state index in [9.17, 15) is 0 Å². The lowest BCUT2D eigenvalue weighted by molar-refractivity contribution is 0.866. The summed E-state index contributed by atoms with van der Waals surface area (Å²) in [6.07, 6.45) is 5.78. The van der Waals surface area contributed by atoms with Crippen LogP contribution >= 0.6 is 34.2 Å². The van der Waals surface area contributed by atoms with E-state index in [1.165, 1.54) is 0 Å². The number of aromatic nitrogens is 4. The molecule has 20 heavy (non-hydrogen) atoms. The predicted molar refractivity (Wildman–Crippen MR) is 87.9 cm³/mol. The van der Waals surface area contributed by atoms with Gasteiger partial charge in [-0.2, -0.15) is 0 Å². The molecular weight excluding hydrogens is 387 g/mol. The van der Waals surface area contributed by atoms with Crippen LogP contribution in [0.2, 0.25) is 5.15 Å². The van der Waals surface area contributed by atoms with Crippen LogP contribution in [0.4, 0.5) is 0 Å². The average molecular weight is 399 g/mol. The molecule has 0 saturated carbocycles. The van der Waals surface area contributed by atoms with Crippen molar-refractivity contribution in [2.24, 2.45) is 0 Å². The fourth-order valence-corrected chi connectivity index (χ4v) is 2.72. The van der Waals surface area contributed by atoms with Crippen LogP contribution in [-0.2, 0) is 6.42 Å². The Balaban J connectivity index is 2.13. The van der Waals surface area contributed by atoms with E-state index in [2.05, 4.69) is 44.5 Å². The maximum atomic E-state index is 6.21. The van der Waals surface area contributed by atoms with Gasteiger partial charge in [0.1, 0.15) is 16.5 Å². The van der Waals surface area contributed by atoms with Crippen LogP contribution in [0.25, 0.3) is 17.2 Å². The Morgan fingerprint density at radius 2 is 2.10 bits per heavy atom. The van der Waals surface area contributed by atoms with Gasteiger partial charge in [0.2, 0.25) is 0 Å². The van der Waals surface area contributed by atoms with Gasteiger partial charge in [-0.25, -0.2) is 15.0 Å². The van der Waals surface area contributed by atoms with Crippen LogP contribution in [0.15, 0.2) is 30.6 Å². The normalized spacial score (nSPS) is 11.2. The first-order chi connectivity index (χ1) is 9.69. The molecule has 0 aliphatic rings. The van der Waals surface area contributed by atoms with Gasteiger partial charge in [-0.1, -0.05) is 31.0 Å². The van der Waals surface area contributed by atoms with E-state index in [0.29, 0.717) is 11.0 Å². The summed E-state index contributed by atoms with van der Waals surface area (Å²) in [5.41, 5.74) is 2.60. The van der Waals surface area contributed by atoms with E-state index < -0.39 is 0 Å². The third-order valence-electron chi connectivity index (χ3n) is 2.96. The van der Waals surface area contributed by atoms with Crippen LogP contribution < -0.4 is 0 Å². The lowest BCUT2D eigenvalue weighted by Crippen LogP contribution is -2.00. The highest BCUT2D eigenvalue weighted by molar-refractivity contribution is 14.1. The summed E-state index contributed by atoms with van der Waals surface area (Å²) >= 11 is 8.41. The summed E-state index contributed by atoms with van der Waals surface area (Å²) in [6, 6.07) is 5.86. The second-order valence-electron chi connectivity index (χ2n) is 4.44. The van der Waals surface area contributed by atoms with Crippen molar-refractivity contribution in [3.8, 4) is 11.5 Å². The molecule has 3 heterocycles. The second-order valence-corrected chi connectivity index (χ2v) is 5.88. The molecule has 6 heteroatoms. The summed E-state index contributed by atoms with van der Waals surface area (Å²) < 4.78 is 2.88. The first kappa shape index (κ1) is 13.8. The van der Waals surface area contributed by atoms with Crippen molar-refractivity contribution in [1.82, 2.24) is 19.4 Å². The van der Waals surface area contributed by atoms with Gasteiger partial charge in [-0.05, 0) is 41.1 Å². The van der Waals surface area contributed by atoms with Crippen LogP contribution in [0.1, 0.15) is 19.0 Å². The average Bonchev–Trinajstić information content (AvgIpc) is 2.87. The second kappa shape index (κ2) is 5.65. The molecule has 4 nitrogen and oxygen atoms in total. The minimum absolute atomic E-state index is 0.496. The standard InChI is InChI=1S/C14H12ClIN4/c1-2-5-9-12(16)13(15)19-14(18-9)10-8-20-7-4-3-6-11(20)17-10/h3-4,6-8H,2,5H2,1H3. The lowest BCUT2D eigenvalue weighted by atomic mass is 10.2. The Morgan fingerprint density at radius 1 is 1.25 bits per heavy atom. The molecule has 0 N–H and O–H groups in total. The summed E-state index contributed by atoms with van der Waals surface area (Å²) in [7, 11) is 0. The molecule has 0 unspecified atom stereocenters. The smallest absolute Gasteiger partial charge is 0.181 e. The van der Waals surface area contributed by atoms with Gasteiger partial charge in [0.25, 0.3) is 0 Å². The van der Waals surface area contributed by atoms with E-state index in [-0.39, 0.29) is 0 Å². The van der Waals surface area contributed by atoms with E-state index in [1.54, 1.807) is 0 Å². The molecule has 0 saturated heterocycles. The fraction of sp³-hybridized carbons (Fsp3) is 0.214. The minimum Gasteiger partial charge on any atom is -0.306 e. The largest absolute Gasteiger partial charge is 0.306 e. The molecule has 0 bridgehead atoms. The monoisotopic (exact) mass is 398 g/mol. The maximum absolute atomic E-state index is 6.21. The predicted octanol–water partition coefficient (Wildman–Crippen LogP) is 4.00. The van der Waals surface area contributed by atoms with Crippen molar-refractivity contribution in [3.05, 3.63) is 45.0 Å². The van der Waals surface area contributed by atoms with Crippen LogP contribution in [0.3, 0.4) is 0 Å². The van der Waals surface area contributed by atoms with Crippen molar-refractivity contribution in [2.75, 3.05) is 0 Å². The van der Waals surface area contributed by atoms with Crippen LogP contribution in [0.5, 0.6) is 0 Å². The Bertz CT molecular complexity index is 736. The molecule has 0 amide bonds. The Morgan fingerprint density at radius 3 is 2.85 bits per heavy atom. The summed E-state index contributed by atoms with van der Waals surface area (Å²) in [4.78, 5) is 13.5. The van der Waals surface area contributed by atoms with Crippen LogP contribution in [-0.4, -0.2) is 19.4 Å². The molecule has 3 aromatic heterocycles. The third kappa shape index (κ3) is 2.52. The summed E-state index contributed by atoms with van der Waals surface area (Å²) in [6.45, 7) is 2.12. The molecular formula is C14H12ClIN4. The Hall–Kier alpha value is -1.21. The van der Waals surface area contributed by atoms with Crippen molar-refractivity contribution >= 4 is 39.8 Å². The maximum Gasteiger partial charge on any atom is 0.181 e. The van der Waals surface area contributed by atoms with Crippen LogP contribution in [0, 0.1) is 3.57 Å². The lowest BCUT2D eigenvalue weighted by Gasteiger charge is -2.05. The SMILES string of the molecule is CCCc1nc(-c2cn3ccccc3n2)nc(Cl)c1I. The fourth-order valence-electron chi connectivity index (χ4n) is 2.02. The number of hydrogen-bond acceptors (Lipinski definition) is 3. The number of imidazole rings is 1. The Labute approximate surface area is 135 Å². The molecule has 0 aliphatic carbocycles. The van der Waals surface area contributed by atoms with Gasteiger partial charge in [0.15, 0.2) is 5.82 Å². The van der Waals surface area contributed by atoms with E-state index >= 15 is 0 Å². The van der Waals surface area contributed by atoms with E-state index in [1.807, 2.05) is 35.0 Å². The van der Waals surface area contributed by atoms with Crippen molar-refractivity contribution < 1.29 is 0 Å². The minimum atomic E-state index is 0.496. The first-order valence-electron chi connectivity index (χ1n) is 6.35. The quantitative estimate of drug-likeness (QED) is 0.495. The van der Waals surface area contributed by atoms with E-state index in [0.717, 1.165) is 33.4 Å². The van der Waals surface area contributed by atoms with Crippen molar-refractivity contribution in [3.63, 3.8) is 0 Å². The highest BCUT2D eigenvalue weighted by atomic mass is 127. The van der Waals surface area contributed by atoms with Gasteiger partial charge < -0.3 is 4.40 Å². The number of hydrogen-bond donors (Lipinski definition) is 0. The number of rotatable bonds is 3. The topological polar surface area (TPSA) is 43.1 Å². The molecule has 3 aromatic rings. The third-order valence-corrected chi connectivity index (χ3v) is 4.69. The summed E-state index contributed by atoms with van der Waals surface area (Å²) in [5.74, 6) is 0.586. The number of pyridine rings is 1.